The summed E-state index contributed by atoms with van der Waals surface area (Å²) in [5.74, 6) is -0.0559. The molecule has 0 aromatic heterocycles. The minimum absolute atomic E-state index is 0.0268. The number of hydrogen-bond donors (Lipinski definition) is 1. The molecule has 1 rings (SSSR count). The lowest BCUT2D eigenvalue weighted by Crippen LogP contribution is -1.98. The Morgan fingerprint density at radius 3 is 2.79 bits per heavy atom. The first-order valence-corrected chi connectivity index (χ1v) is 5.04. The highest BCUT2D eigenvalue weighted by Gasteiger charge is 2.10. The quantitative estimate of drug-likeness (QED) is 0.777. The van der Waals surface area contributed by atoms with Crippen LogP contribution in [0.5, 0.6) is 5.75 Å². The van der Waals surface area contributed by atoms with Gasteiger partial charge in [-0.3, -0.25) is 4.79 Å². The summed E-state index contributed by atoms with van der Waals surface area (Å²) in [5.41, 5.74) is 0.364. The van der Waals surface area contributed by atoms with E-state index in [1.807, 2.05) is 6.92 Å². The SMILES string of the molecule is CCCCC(=O)c1ccc(Cl)cc1O. The van der Waals surface area contributed by atoms with Crippen LogP contribution < -0.4 is 0 Å². The molecule has 0 fully saturated rings. The van der Waals surface area contributed by atoms with Gasteiger partial charge in [-0.25, -0.2) is 0 Å². The topological polar surface area (TPSA) is 37.3 Å². The van der Waals surface area contributed by atoms with Crippen molar-refractivity contribution in [1.29, 1.82) is 0 Å². The third-order valence-electron chi connectivity index (χ3n) is 2.02. The van der Waals surface area contributed by atoms with Gasteiger partial charge in [-0.05, 0) is 24.6 Å². The minimum atomic E-state index is -0.0291. The molecule has 0 radical (unpaired) electrons. The van der Waals surface area contributed by atoms with Crippen molar-refractivity contribution in [2.45, 2.75) is 26.2 Å². The second-order valence-electron chi connectivity index (χ2n) is 3.19. The average Bonchev–Trinajstić information content (AvgIpc) is 2.14. The molecule has 1 aromatic carbocycles. The zero-order valence-corrected chi connectivity index (χ0v) is 8.84. The van der Waals surface area contributed by atoms with Gasteiger partial charge in [-0.1, -0.05) is 24.9 Å². The number of unbranched alkanes of at least 4 members (excludes halogenated alkanes) is 1. The Bertz CT molecular complexity index is 334. The number of benzene rings is 1. The molecule has 1 aromatic rings. The standard InChI is InChI=1S/C11H13ClO2/c1-2-3-4-10(13)9-6-5-8(12)7-11(9)14/h5-7,14H,2-4H2,1H3. The third-order valence-corrected chi connectivity index (χ3v) is 2.25. The number of hydrogen-bond acceptors (Lipinski definition) is 2. The van der Waals surface area contributed by atoms with Gasteiger partial charge in [0.05, 0.1) is 5.56 Å². The van der Waals surface area contributed by atoms with Crippen LogP contribution >= 0.6 is 11.6 Å². The normalized spacial score (nSPS) is 10.1. The molecule has 0 bridgehead atoms. The number of aromatic hydroxyl groups is 1. The molecule has 76 valence electrons. The van der Waals surface area contributed by atoms with Crippen LogP contribution in [0.1, 0.15) is 36.5 Å². The number of ketones is 1. The Balaban J connectivity index is 2.80. The second kappa shape index (κ2) is 5.01. The first-order valence-electron chi connectivity index (χ1n) is 4.67. The van der Waals surface area contributed by atoms with E-state index in [2.05, 4.69) is 0 Å². The van der Waals surface area contributed by atoms with Gasteiger partial charge >= 0.3 is 0 Å². The third kappa shape index (κ3) is 2.74. The molecule has 0 atom stereocenters. The van der Waals surface area contributed by atoms with Gasteiger partial charge in [0.25, 0.3) is 0 Å². The van der Waals surface area contributed by atoms with Crippen molar-refractivity contribution < 1.29 is 9.90 Å². The van der Waals surface area contributed by atoms with E-state index < -0.39 is 0 Å². The number of Topliss-reactive ketones (excluding diaryl/α,β-unsaturated/α-hetero) is 1. The molecule has 0 spiro atoms. The predicted molar refractivity (Wildman–Crippen MR) is 57.0 cm³/mol. The molecule has 0 amide bonds. The molecule has 0 aliphatic heterocycles. The maximum atomic E-state index is 11.5. The van der Waals surface area contributed by atoms with Gasteiger partial charge in [-0.15, -0.1) is 0 Å². The molecule has 3 heteroatoms. The van der Waals surface area contributed by atoms with Gasteiger partial charge in [0.2, 0.25) is 0 Å². The number of phenols is 1. The lowest BCUT2D eigenvalue weighted by atomic mass is 10.1. The number of halogens is 1. The summed E-state index contributed by atoms with van der Waals surface area (Å²) in [6.07, 6.45) is 2.30. The van der Waals surface area contributed by atoms with Crippen molar-refractivity contribution >= 4 is 17.4 Å². The first-order chi connectivity index (χ1) is 6.65. The van der Waals surface area contributed by atoms with E-state index >= 15 is 0 Å². The molecule has 1 N–H and O–H groups in total. The van der Waals surface area contributed by atoms with E-state index in [1.54, 1.807) is 12.1 Å². The summed E-state index contributed by atoms with van der Waals surface area (Å²) >= 11 is 5.65. The number of phenolic OH excluding ortho intramolecular Hbond substituents is 1. The second-order valence-corrected chi connectivity index (χ2v) is 3.62. The van der Waals surface area contributed by atoms with Gasteiger partial charge in [0.1, 0.15) is 5.75 Å². The fraction of sp³-hybridized carbons (Fsp3) is 0.364. The van der Waals surface area contributed by atoms with E-state index in [4.69, 9.17) is 11.6 Å². The lowest BCUT2D eigenvalue weighted by Gasteiger charge is -2.03. The molecule has 2 nitrogen and oxygen atoms in total. The fourth-order valence-electron chi connectivity index (χ4n) is 1.21. The smallest absolute Gasteiger partial charge is 0.166 e. The van der Waals surface area contributed by atoms with Crippen LogP contribution in [-0.2, 0) is 0 Å². The summed E-state index contributed by atoms with van der Waals surface area (Å²) < 4.78 is 0. The molecule has 0 unspecified atom stereocenters. The molecule has 0 saturated heterocycles. The molecular formula is C11H13ClO2. The molecule has 14 heavy (non-hydrogen) atoms. The van der Waals surface area contributed by atoms with Crippen LogP contribution in [0, 0.1) is 0 Å². The highest BCUT2D eigenvalue weighted by Crippen LogP contribution is 2.23. The number of carbonyl (C=O) groups excluding carboxylic acids is 1. The van der Waals surface area contributed by atoms with E-state index in [0.29, 0.717) is 17.0 Å². The highest BCUT2D eigenvalue weighted by atomic mass is 35.5. The Hall–Kier alpha value is -1.02. The summed E-state index contributed by atoms with van der Waals surface area (Å²) in [6.45, 7) is 2.02. The maximum Gasteiger partial charge on any atom is 0.166 e. The van der Waals surface area contributed by atoms with Crippen LogP contribution in [0.4, 0.5) is 0 Å². The number of rotatable bonds is 4. The average molecular weight is 213 g/mol. The van der Waals surface area contributed by atoms with Crippen molar-refractivity contribution in [2.75, 3.05) is 0 Å². The van der Waals surface area contributed by atoms with Crippen molar-refractivity contribution in [3.63, 3.8) is 0 Å². The number of carbonyl (C=O) groups is 1. The summed E-state index contributed by atoms with van der Waals surface area (Å²) in [6, 6.07) is 4.57. The summed E-state index contributed by atoms with van der Waals surface area (Å²) in [7, 11) is 0. The van der Waals surface area contributed by atoms with Crippen LogP contribution in [0.2, 0.25) is 5.02 Å². The van der Waals surface area contributed by atoms with Crippen molar-refractivity contribution in [1.82, 2.24) is 0 Å². The lowest BCUT2D eigenvalue weighted by molar-refractivity contribution is 0.0977. The van der Waals surface area contributed by atoms with E-state index in [-0.39, 0.29) is 11.5 Å². The van der Waals surface area contributed by atoms with E-state index in [1.165, 1.54) is 6.07 Å². The molecule has 0 heterocycles. The minimum Gasteiger partial charge on any atom is -0.507 e. The molecular weight excluding hydrogens is 200 g/mol. The zero-order valence-electron chi connectivity index (χ0n) is 8.09. The first kappa shape index (κ1) is 11.1. The summed E-state index contributed by atoms with van der Waals surface area (Å²) in [4.78, 5) is 11.5. The fourth-order valence-corrected chi connectivity index (χ4v) is 1.38. The Labute approximate surface area is 88.5 Å². The highest BCUT2D eigenvalue weighted by molar-refractivity contribution is 6.30. The van der Waals surface area contributed by atoms with Crippen LogP contribution in [0.15, 0.2) is 18.2 Å². The Kier molecular flexibility index (Phi) is 3.96. The summed E-state index contributed by atoms with van der Waals surface area (Å²) in [5, 5.41) is 9.90. The van der Waals surface area contributed by atoms with Gasteiger partial charge < -0.3 is 5.11 Å². The van der Waals surface area contributed by atoms with Crippen molar-refractivity contribution in [3.8, 4) is 5.75 Å². The zero-order chi connectivity index (χ0) is 10.6. The van der Waals surface area contributed by atoms with Gasteiger partial charge in [0, 0.05) is 11.4 Å². The molecule has 0 aliphatic carbocycles. The van der Waals surface area contributed by atoms with E-state index in [0.717, 1.165) is 12.8 Å². The maximum absolute atomic E-state index is 11.5. The van der Waals surface area contributed by atoms with E-state index in [9.17, 15) is 9.90 Å². The van der Waals surface area contributed by atoms with Crippen molar-refractivity contribution in [2.24, 2.45) is 0 Å². The Morgan fingerprint density at radius 2 is 2.21 bits per heavy atom. The van der Waals surface area contributed by atoms with Gasteiger partial charge in [-0.2, -0.15) is 0 Å². The molecule has 0 saturated carbocycles. The monoisotopic (exact) mass is 212 g/mol. The predicted octanol–water partition coefficient (Wildman–Crippen LogP) is 3.42. The van der Waals surface area contributed by atoms with Gasteiger partial charge in [0.15, 0.2) is 5.78 Å². The largest absolute Gasteiger partial charge is 0.507 e. The van der Waals surface area contributed by atoms with Crippen molar-refractivity contribution in [3.05, 3.63) is 28.8 Å². The Morgan fingerprint density at radius 1 is 1.50 bits per heavy atom. The van der Waals surface area contributed by atoms with Crippen LogP contribution in [0.3, 0.4) is 0 Å². The molecule has 0 aliphatic rings. The van der Waals surface area contributed by atoms with Crippen LogP contribution in [-0.4, -0.2) is 10.9 Å². The van der Waals surface area contributed by atoms with Crippen LogP contribution in [0.25, 0.3) is 0 Å².